The van der Waals surface area contributed by atoms with Crippen molar-refractivity contribution in [3.63, 3.8) is 0 Å². The first-order valence-corrected chi connectivity index (χ1v) is 8.10. The van der Waals surface area contributed by atoms with Gasteiger partial charge in [-0.2, -0.15) is 0 Å². The fourth-order valence-electron chi connectivity index (χ4n) is 1.98. The van der Waals surface area contributed by atoms with Crippen LogP contribution >= 0.6 is 11.6 Å². The molecule has 0 saturated carbocycles. The molecule has 6 nitrogen and oxygen atoms in total. The van der Waals surface area contributed by atoms with Gasteiger partial charge in [0.05, 0.1) is 11.4 Å². The van der Waals surface area contributed by atoms with E-state index in [4.69, 9.17) is 11.6 Å². The fraction of sp³-hybridized carbons (Fsp3) is 0.0769. The van der Waals surface area contributed by atoms with Gasteiger partial charge in [-0.3, -0.25) is 9.12 Å². The van der Waals surface area contributed by atoms with Crippen LogP contribution in [0.2, 0.25) is 5.02 Å². The Balaban J connectivity index is 1.88. The Hall–Kier alpha value is -2.12. The van der Waals surface area contributed by atoms with E-state index in [1.807, 2.05) is 0 Å². The Morgan fingerprint density at radius 2 is 2.10 bits per heavy atom. The van der Waals surface area contributed by atoms with Gasteiger partial charge < -0.3 is 0 Å². The summed E-state index contributed by atoms with van der Waals surface area (Å²) in [5.41, 5.74) is 1.45. The molecule has 0 amide bonds. The minimum Gasteiger partial charge on any atom is -0.287 e. The molecule has 1 aromatic carbocycles. The van der Waals surface area contributed by atoms with Gasteiger partial charge in [-0.25, -0.2) is 8.42 Å². The van der Waals surface area contributed by atoms with Crippen LogP contribution in [0.25, 0.3) is 5.65 Å². The molecule has 0 bridgehead atoms. The third-order valence-electron chi connectivity index (χ3n) is 2.83. The summed E-state index contributed by atoms with van der Waals surface area (Å²) in [6.45, 7) is 0. The van der Waals surface area contributed by atoms with Crippen molar-refractivity contribution in [2.24, 2.45) is 0 Å². The molecular formula is C13H11ClN4O2S. The van der Waals surface area contributed by atoms with E-state index in [9.17, 15) is 8.42 Å². The SMILES string of the molecule is O=S(=O)(Cc1cccc(Cl)c1)Nc1cccn2cnnc12. The predicted molar refractivity (Wildman–Crippen MR) is 80.7 cm³/mol. The van der Waals surface area contributed by atoms with Crippen LogP contribution in [0, 0.1) is 0 Å². The number of halogens is 1. The first-order valence-electron chi connectivity index (χ1n) is 6.07. The summed E-state index contributed by atoms with van der Waals surface area (Å²) in [4.78, 5) is 0. The maximum atomic E-state index is 12.2. The molecule has 1 N–H and O–H groups in total. The fourth-order valence-corrected chi connectivity index (χ4v) is 3.38. The summed E-state index contributed by atoms with van der Waals surface area (Å²) in [6, 6.07) is 10.1. The van der Waals surface area contributed by atoms with Crippen molar-refractivity contribution in [3.8, 4) is 0 Å². The van der Waals surface area contributed by atoms with Crippen molar-refractivity contribution in [3.05, 3.63) is 59.5 Å². The van der Waals surface area contributed by atoms with Gasteiger partial charge in [0, 0.05) is 11.2 Å². The molecule has 0 aliphatic rings. The van der Waals surface area contributed by atoms with Gasteiger partial charge in [0.15, 0.2) is 5.65 Å². The second-order valence-corrected chi connectivity index (χ2v) is 6.63. The Kier molecular flexibility index (Phi) is 3.52. The van der Waals surface area contributed by atoms with Crippen LogP contribution in [0.5, 0.6) is 0 Å². The molecule has 0 fully saturated rings. The van der Waals surface area contributed by atoms with Crippen molar-refractivity contribution in [2.45, 2.75) is 5.75 Å². The first-order chi connectivity index (χ1) is 10.0. The van der Waals surface area contributed by atoms with Crippen molar-refractivity contribution in [2.75, 3.05) is 4.72 Å². The van der Waals surface area contributed by atoms with Gasteiger partial charge in [-0.05, 0) is 29.8 Å². The number of pyridine rings is 1. The summed E-state index contributed by atoms with van der Waals surface area (Å²) in [6.07, 6.45) is 3.24. The molecular weight excluding hydrogens is 312 g/mol. The molecule has 8 heteroatoms. The van der Waals surface area contributed by atoms with Crippen LogP contribution < -0.4 is 4.72 Å². The molecule has 0 atom stereocenters. The minimum atomic E-state index is -3.56. The lowest BCUT2D eigenvalue weighted by Crippen LogP contribution is -2.15. The van der Waals surface area contributed by atoms with Gasteiger partial charge >= 0.3 is 0 Å². The molecule has 0 aliphatic heterocycles. The van der Waals surface area contributed by atoms with Crippen LogP contribution in [0.1, 0.15) is 5.56 Å². The summed E-state index contributed by atoms with van der Waals surface area (Å²) in [7, 11) is -3.56. The van der Waals surface area contributed by atoms with Gasteiger partial charge in [0.2, 0.25) is 10.0 Å². The largest absolute Gasteiger partial charge is 0.287 e. The monoisotopic (exact) mass is 322 g/mol. The molecule has 108 valence electrons. The lowest BCUT2D eigenvalue weighted by molar-refractivity contribution is 0.600. The number of benzene rings is 1. The maximum Gasteiger partial charge on any atom is 0.237 e. The quantitative estimate of drug-likeness (QED) is 0.799. The zero-order valence-corrected chi connectivity index (χ0v) is 12.3. The summed E-state index contributed by atoms with van der Waals surface area (Å²) in [5, 5.41) is 8.14. The number of hydrogen-bond donors (Lipinski definition) is 1. The molecule has 2 aromatic heterocycles. The summed E-state index contributed by atoms with van der Waals surface area (Å²) < 4.78 is 28.6. The van der Waals surface area contributed by atoms with E-state index in [1.54, 1.807) is 47.0 Å². The number of nitrogens with one attached hydrogen (secondary N) is 1. The van der Waals surface area contributed by atoms with E-state index in [0.717, 1.165) is 0 Å². The average molecular weight is 323 g/mol. The molecule has 0 unspecified atom stereocenters. The lowest BCUT2D eigenvalue weighted by Gasteiger charge is -2.08. The third kappa shape index (κ3) is 3.14. The van der Waals surface area contributed by atoms with Crippen LogP contribution in [-0.2, 0) is 15.8 Å². The van der Waals surface area contributed by atoms with Crippen LogP contribution in [-0.4, -0.2) is 23.0 Å². The van der Waals surface area contributed by atoms with E-state index < -0.39 is 10.0 Å². The molecule has 0 spiro atoms. The molecule has 2 heterocycles. The Bertz CT molecular complexity index is 892. The van der Waals surface area contributed by atoms with E-state index in [1.165, 1.54) is 6.33 Å². The highest BCUT2D eigenvalue weighted by Gasteiger charge is 2.14. The van der Waals surface area contributed by atoms with Crippen molar-refractivity contribution in [1.29, 1.82) is 0 Å². The molecule has 0 saturated heterocycles. The zero-order chi connectivity index (χ0) is 14.9. The number of aromatic nitrogens is 3. The highest BCUT2D eigenvalue weighted by Crippen LogP contribution is 2.18. The minimum absolute atomic E-state index is 0.164. The molecule has 3 rings (SSSR count). The number of rotatable bonds is 4. The van der Waals surface area contributed by atoms with E-state index in [0.29, 0.717) is 21.9 Å². The number of fused-ring (bicyclic) bond motifs is 1. The highest BCUT2D eigenvalue weighted by atomic mass is 35.5. The Labute approximate surface area is 126 Å². The topological polar surface area (TPSA) is 76.4 Å². The molecule has 21 heavy (non-hydrogen) atoms. The van der Waals surface area contributed by atoms with Crippen LogP contribution in [0.4, 0.5) is 5.69 Å². The van der Waals surface area contributed by atoms with Gasteiger partial charge in [-0.1, -0.05) is 23.7 Å². The van der Waals surface area contributed by atoms with Crippen LogP contribution in [0.15, 0.2) is 48.9 Å². The van der Waals surface area contributed by atoms with Crippen molar-refractivity contribution in [1.82, 2.24) is 14.6 Å². The Morgan fingerprint density at radius 1 is 1.24 bits per heavy atom. The van der Waals surface area contributed by atoms with E-state index >= 15 is 0 Å². The van der Waals surface area contributed by atoms with Gasteiger partial charge in [0.25, 0.3) is 0 Å². The van der Waals surface area contributed by atoms with Crippen molar-refractivity contribution < 1.29 is 8.42 Å². The Morgan fingerprint density at radius 3 is 2.90 bits per heavy atom. The van der Waals surface area contributed by atoms with Gasteiger partial charge in [-0.15, -0.1) is 10.2 Å². The predicted octanol–water partition coefficient (Wildman–Crippen LogP) is 2.32. The second-order valence-electron chi connectivity index (χ2n) is 4.47. The first kappa shape index (κ1) is 13.8. The van der Waals surface area contributed by atoms with Crippen molar-refractivity contribution >= 4 is 33.0 Å². The highest BCUT2D eigenvalue weighted by molar-refractivity contribution is 7.91. The summed E-state index contributed by atoms with van der Waals surface area (Å²) >= 11 is 5.86. The zero-order valence-electron chi connectivity index (χ0n) is 10.8. The van der Waals surface area contributed by atoms with Gasteiger partial charge in [0.1, 0.15) is 6.33 Å². The molecule has 3 aromatic rings. The van der Waals surface area contributed by atoms with Crippen LogP contribution in [0.3, 0.4) is 0 Å². The number of anilines is 1. The molecule has 0 aliphatic carbocycles. The maximum absolute atomic E-state index is 12.2. The number of nitrogens with zero attached hydrogens (tertiary/aromatic N) is 3. The summed E-state index contributed by atoms with van der Waals surface area (Å²) in [5.74, 6) is -0.164. The third-order valence-corrected chi connectivity index (χ3v) is 4.31. The lowest BCUT2D eigenvalue weighted by atomic mass is 10.2. The normalized spacial score (nSPS) is 11.7. The second kappa shape index (κ2) is 5.34. The molecule has 0 radical (unpaired) electrons. The average Bonchev–Trinajstić information content (AvgIpc) is 2.87. The van der Waals surface area contributed by atoms with E-state index in [-0.39, 0.29) is 5.75 Å². The number of hydrogen-bond acceptors (Lipinski definition) is 4. The van der Waals surface area contributed by atoms with E-state index in [2.05, 4.69) is 14.9 Å². The number of sulfonamides is 1. The smallest absolute Gasteiger partial charge is 0.237 e. The standard InChI is InChI=1S/C13H11ClN4O2S/c14-11-4-1-3-10(7-11)8-21(19,20)17-12-5-2-6-18-9-15-16-13(12)18/h1-7,9,17H,8H2.